The molecular weight excluding hydrogens is 340 g/mol. The van der Waals surface area contributed by atoms with E-state index in [2.05, 4.69) is 41.9 Å². The lowest BCUT2D eigenvalue weighted by Gasteiger charge is -2.25. The van der Waals surface area contributed by atoms with E-state index in [4.69, 9.17) is 9.15 Å². The van der Waals surface area contributed by atoms with E-state index in [0.717, 1.165) is 50.3 Å². The number of carbonyl (C=O) groups is 1. The first-order chi connectivity index (χ1) is 13.1. The Morgan fingerprint density at radius 3 is 2.78 bits per heavy atom. The minimum absolute atomic E-state index is 0.218. The quantitative estimate of drug-likeness (QED) is 0.743. The van der Waals surface area contributed by atoms with Crippen LogP contribution in [-0.2, 0) is 16.0 Å². The highest BCUT2D eigenvalue weighted by molar-refractivity contribution is 5.77. The molecule has 1 saturated carbocycles. The van der Waals surface area contributed by atoms with Crippen LogP contribution in [0.25, 0.3) is 11.3 Å². The van der Waals surface area contributed by atoms with Crippen molar-refractivity contribution in [2.24, 2.45) is 5.92 Å². The third kappa shape index (κ3) is 4.41. The molecule has 27 heavy (non-hydrogen) atoms. The van der Waals surface area contributed by atoms with Gasteiger partial charge < -0.3 is 14.1 Å². The molecule has 2 heterocycles. The fraction of sp³-hybridized carbons (Fsp3) is 0.545. The number of hydrogen-bond acceptors (Lipinski definition) is 4. The Hall–Kier alpha value is -2.14. The first-order valence-electron chi connectivity index (χ1n) is 9.99. The van der Waals surface area contributed by atoms with Crippen molar-refractivity contribution in [3.63, 3.8) is 0 Å². The molecule has 144 valence electrons. The van der Waals surface area contributed by atoms with Gasteiger partial charge in [0.15, 0.2) is 11.7 Å². The minimum Gasteiger partial charge on any atom is -0.441 e. The standard InChI is InChI=1S/C22H28N2O3/c1-15-3-4-18(11-16(15)2)20-12-23-21(27-20)7-8-22(25)24(19-5-6-19)13-17-9-10-26-14-17/h3-4,11-12,17,19H,5-10,13-14H2,1-2H3/t17-/m0/s1. The van der Waals surface area contributed by atoms with Gasteiger partial charge in [-0.05, 0) is 50.3 Å². The molecule has 5 heteroatoms. The Morgan fingerprint density at radius 1 is 1.22 bits per heavy atom. The highest BCUT2D eigenvalue weighted by Crippen LogP contribution is 2.30. The lowest BCUT2D eigenvalue weighted by Crippen LogP contribution is -2.37. The third-order valence-corrected chi connectivity index (χ3v) is 5.68. The molecule has 0 radical (unpaired) electrons. The number of rotatable bonds is 7. The summed E-state index contributed by atoms with van der Waals surface area (Å²) in [5.74, 6) is 2.11. The number of aromatic nitrogens is 1. The number of oxazole rings is 1. The van der Waals surface area contributed by atoms with Crippen molar-refractivity contribution < 1.29 is 13.9 Å². The molecule has 1 aliphatic heterocycles. The summed E-state index contributed by atoms with van der Waals surface area (Å²) in [4.78, 5) is 19.2. The molecule has 1 atom stereocenters. The molecule has 0 unspecified atom stereocenters. The van der Waals surface area contributed by atoms with Crippen LogP contribution in [0.15, 0.2) is 28.8 Å². The van der Waals surface area contributed by atoms with Crippen molar-refractivity contribution in [1.82, 2.24) is 9.88 Å². The Morgan fingerprint density at radius 2 is 2.07 bits per heavy atom. The summed E-state index contributed by atoms with van der Waals surface area (Å²) < 4.78 is 11.4. The number of nitrogens with zero attached hydrogens (tertiary/aromatic N) is 2. The molecule has 0 N–H and O–H groups in total. The summed E-state index contributed by atoms with van der Waals surface area (Å²) >= 11 is 0. The van der Waals surface area contributed by atoms with E-state index >= 15 is 0 Å². The second-order valence-corrected chi connectivity index (χ2v) is 7.92. The second-order valence-electron chi connectivity index (χ2n) is 7.92. The first-order valence-corrected chi connectivity index (χ1v) is 9.99. The molecule has 0 bridgehead atoms. The van der Waals surface area contributed by atoms with Crippen LogP contribution in [0.3, 0.4) is 0 Å². The summed E-state index contributed by atoms with van der Waals surface area (Å²) in [5.41, 5.74) is 3.53. The van der Waals surface area contributed by atoms with E-state index < -0.39 is 0 Å². The molecule has 2 aromatic rings. The lowest BCUT2D eigenvalue weighted by atomic mass is 10.1. The number of carbonyl (C=O) groups excluding carboxylic acids is 1. The smallest absolute Gasteiger partial charge is 0.223 e. The maximum absolute atomic E-state index is 12.8. The molecule has 5 nitrogen and oxygen atoms in total. The zero-order chi connectivity index (χ0) is 18.8. The Bertz CT molecular complexity index is 804. The summed E-state index contributed by atoms with van der Waals surface area (Å²) in [5, 5.41) is 0. The predicted octanol–water partition coefficient (Wildman–Crippen LogP) is 3.92. The lowest BCUT2D eigenvalue weighted by molar-refractivity contribution is -0.132. The van der Waals surface area contributed by atoms with Gasteiger partial charge in [-0.15, -0.1) is 0 Å². The second kappa shape index (κ2) is 7.85. The summed E-state index contributed by atoms with van der Waals surface area (Å²) in [7, 11) is 0. The van der Waals surface area contributed by atoms with E-state index in [1.807, 2.05) is 0 Å². The Labute approximate surface area is 160 Å². The van der Waals surface area contributed by atoms with E-state index in [9.17, 15) is 4.79 Å². The van der Waals surface area contributed by atoms with Crippen LogP contribution in [0.5, 0.6) is 0 Å². The molecule has 1 amide bonds. The SMILES string of the molecule is Cc1ccc(-c2cnc(CCC(=O)N(C[C@@H]3CCOC3)C3CC3)o2)cc1C. The molecule has 4 rings (SSSR count). The van der Waals surface area contributed by atoms with Crippen LogP contribution in [0.2, 0.25) is 0 Å². The van der Waals surface area contributed by atoms with Gasteiger partial charge in [0.05, 0.1) is 12.8 Å². The molecule has 1 saturated heterocycles. The molecule has 2 fully saturated rings. The Balaban J connectivity index is 1.35. The molecule has 2 aliphatic rings. The fourth-order valence-corrected chi connectivity index (χ4v) is 3.66. The van der Waals surface area contributed by atoms with E-state index in [-0.39, 0.29) is 5.91 Å². The minimum atomic E-state index is 0.218. The average molecular weight is 368 g/mol. The van der Waals surface area contributed by atoms with Crippen molar-refractivity contribution >= 4 is 5.91 Å². The van der Waals surface area contributed by atoms with Gasteiger partial charge >= 0.3 is 0 Å². The molecule has 1 aromatic carbocycles. The van der Waals surface area contributed by atoms with Gasteiger partial charge in [-0.3, -0.25) is 4.79 Å². The monoisotopic (exact) mass is 368 g/mol. The van der Waals surface area contributed by atoms with Gasteiger partial charge in [0, 0.05) is 43.5 Å². The van der Waals surface area contributed by atoms with Gasteiger partial charge in [0.25, 0.3) is 0 Å². The van der Waals surface area contributed by atoms with Crippen molar-refractivity contribution in [2.45, 2.75) is 52.0 Å². The van der Waals surface area contributed by atoms with Crippen LogP contribution in [-0.4, -0.2) is 41.6 Å². The summed E-state index contributed by atoms with van der Waals surface area (Å²) in [6, 6.07) is 6.70. The number of amides is 1. The van der Waals surface area contributed by atoms with Gasteiger partial charge in [-0.25, -0.2) is 4.98 Å². The van der Waals surface area contributed by atoms with Gasteiger partial charge in [-0.2, -0.15) is 0 Å². The number of ether oxygens (including phenoxy) is 1. The van der Waals surface area contributed by atoms with Crippen LogP contribution in [0.1, 0.15) is 42.7 Å². The number of aryl methyl sites for hydroxylation is 3. The van der Waals surface area contributed by atoms with Crippen molar-refractivity contribution in [1.29, 1.82) is 0 Å². The van der Waals surface area contributed by atoms with Crippen molar-refractivity contribution in [3.05, 3.63) is 41.4 Å². The van der Waals surface area contributed by atoms with Crippen LogP contribution in [0, 0.1) is 19.8 Å². The molecule has 0 spiro atoms. The van der Waals surface area contributed by atoms with Crippen LogP contribution in [0.4, 0.5) is 0 Å². The summed E-state index contributed by atoms with van der Waals surface area (Å²) in [6.07, 6.45) is 6.10. The highest BCUT2D eigenvalue weighted by atomic mass is 16.5. The zero-order valence-electron chi connectivity index (χ0n) is 16.2. The van der Waals surface area contributed by atoms with Gasteiger partial charge in [0.2, 0.25) is 5.91 Å². The highest BCUT2D eigenvalue weighted by Gasteiger charge is 2.34. The van der Waals surface area contributed by atoms with Gasteiger partial charge in [0.1, 0.15) is 0 Å². The third-order valence-electron chi connectivity index (χ3n) is 5.68. The fourth-order valence-electron chi connectivity index (χ4n) is 3.66. The van der Waals surface area contributed by atoms with Crippen molar-refractivity contribution in [2.75, 3.05) is 19.8 Å². The van der Waals surface area contributed by atoms with Crippen LogP contribution >= 0.6 is 0 Å². The summed E-state index contributed by atoms with van der Waals surface area (Å²) in [6.45, 7) is 6.64. The van der Waals surface area contributed by atoms with Crippen molar-refractivity contribution in [3.8, 4) is 11.3 Å². The number of hydrogen-bond donors (Lipinski definition) is 0. The van der Waals surface area contributed by atoms with E-state index in [1.165, 1.54) is 11.1 Å². The molecule has 1 aliphatic carbocycles. The number of benzene rings is 1. The molecular formula is C22H28N2O3. The van der Waals surface area contributed by atoms with Crippen LogP contribution < -0.4 is 0 Å². The van der Waals surface area contributed by atoms with E-state index in [1.54, 1.807) is 6.20 Å². The predicted molar refractivity (Wildman–Crippen MR) is 103 cm³/mol. The average Bonchev–Trinajstić information content (AvgIpc) is 3.17. The maximum Gasteiger partial charge on any atom is 0.223 e. The first kappa shape index (κ1) is 18.2. The zero-order valence-corrected chi connectivity index (χ0v) is 16.2. The topological polar surface area (TPSA) is 55.6 Å². The van der Waals surface area contributed by atoms with E-state index in [0.29, 0.717) is 30.7 Å². The Kier molecular flexibility index (Phi) is 5.30. The van der Waals surface area contributed by atoms with Gasteiger partial charge in [-0.1, -0.05) is 12.1 Å². The maximum atomic E-state index is 12.8. The molecule has 1 aromatic heterocycles. The normalized spacial score (nSPS) is 19.4. The largest absolute Gasteiger partial charge is 0.441 e.